The molecule has 1 N–H and O–H groups in total. The van der Waals surface area contributed by atoms with Gasteiger partial charge in [-0.05, 0) is 24.3 Å². The molecule has 5 heteroatoms. The lowest BCUT2D eigenvalue weighted by molar-refractivity contribution is 1.20. The molecule has 0 amide bonds. The molecule has 4 nitrogen and oxygen atoms in total. The van der Waals surface area contributed by atoms with E-state index in [1.54, 1.807) is 12.4 Å². The van der Waals surface area contributed by atoms with Gasteiger partial charge < -0.3 is 5.32 Å². The third kappa shape index (κ3) is 2.68. The lowest BCUT2D eigenvalue weighted by Gasteiger charge is -2.08. The van der Waals surface area contributed by atoms with Gasteiger partial charge in [0.05, 0.1) is 11.7 Å². The number of halogens is 1. The minimum atomic E-state index is 0. The predicted molar refractivity (Wildman–Crippen MR) is 82.2 cm³/mol. The summed E-state index contributed by atoms with van der Waals surface area (Å²) in [5.74, 6) is 3.35. The number of rotatable bonds is 2. The third-order valence-electron chi connectivity index (χ3n) is 2.73. The molecule has 3 rings (SSSR count). The molecule has 0 aliphatic carbocycles. The zero-order valence-electron chi connectivity index (χ0n) is 10.4. The average molecular weight is 283 g/mol. The Morgan fingerprint density at radius 3 is 2.90 bits per heavy atom. The minimum absolute atomic E-state index is 0. The van der Waals surface area contributed by atoms with Gasteiger partial charge in [-0.15, -0.1) is 18.8 Å². The van der Waals surface area contributed by atoms with Crippen molar-refractivity contribution in [2.45, 2.75) is 0 Å². The van der Waals surface area contributed by atoms with Crippen molar-refractivity contribution in [3.05, 3.63) is 54.6 Å². The van der Waals surface area contributed by atoms with E-state index in [0.29, 0.717) is 0 Å². The molecule has 0 spiro atoms. The maximum Gasteiger partial charge on any atom is 0.141 e. The second-order valence-corrected chi connectivity index (χ2v) is 3.97. The van der Waals surface area contributed by atoms with Crippen molar-refractivity contribution in [1.29, 1.82) is 0 Å². The Balaban J connectivity index is 0.00000147. The molecular weight excluding hydrogens is 272 g/mol. The largest absolute Gasteiger partial charge is 0.340 e. The number of pyridine rings is 1. The first-order valence-corrected chi connectivity index (χ1v) is 5.75. The smallest absolute Gasteiger partial charge is 0.141 e. The van der Waals surface area contributed by atoms with E-state index in [9.17, 15) is 0 Å². The molecule has 0 aliphatic rings. The summed E-state index contributed by atoms with van der Waals surface area (Å²) < 4.78 is 0. The van der Waals surface area contributed by atoms with Crippen LogP contribution in [0, 0.1) is 12.3 Å². The molecule has 0 fully saturated rings. The van der Waals surface area contributed by atoms with E-state index < -0.39 is 0 Å². The van der Waals surface area contributed by atoms with E-state index in [0.717, 1.165) is 28.0 Å². The van der Waals surface area contributed by atoms with Crippen LogP contribution in [0.5, 0.6) is 0 Å². The highest BCUT2D eigenvalue weighted by Crippen LogP contribution is 2.22. The number of fused-ring (bicyclic) bond motifs is 1. The maximum atomic E-state index is 5.39. The molecule has 0 saturated carbocycles. The van der Waals surface area contributed by atoms with Gasteiger partial charge in [-0.1, -0.05) is 12.0 Å². The zero-order valence-corrected chi connectivity index (χ0v) is 11.3. The molecule has 0 radical (unpaired) electrons. The first-order chi connectivity index (χ1) is 9.36. The second-order valence-electron chi connectivity index (χ2n) is 3.97. The maximum absolute atomic E-state index is 5.39. The highest BCUT2D eigenvalue weighted by Gasteiger charge is 2.03. The van der Waals surface area contributed by atoms with Crippen LogP contribution in [0.2, 0.25) is 0 Å². The monoisotopic (exact) mass is 282 g/mol. The van der Waals surface area contributed by atoms with E-state index in [2.05, 4.69) is 26.2 Å². The van der Waals surface area contributed by atoms with Crippen molar-refractivity contribution >= 4 is 34.8 Å². The molecule has 0 aliphatic heterocycles. The summed E-state index contributed by atoms with van der Waals surface area (Å²) in [6.45, 7) is 0. The van der Waals surface area contributed by atoms with Crippen molar-refractivity contribution in [3.8, 4) is 12.3 Å². The number of terminal acetylenes is 1. The van der Waals surface area contributed by atoms with Gasteiger partial charge in [-0.2, -0.15) is 0 Å². The van der Waals surface area contributed by atoms with Gasteiger partial charge in [0.25, 0.3) is 0 Å². The molecule has 20 heavy (non-hydrogen) atoms. The van der Waals surface area contributed by atoms with E-state index in [1.165, 1.54) is 6.33 Å². The summed E-state index contributed by atoms with van der Waals surface area (Å²) >= 11 is 0. The minimum Gasteiger partial charge on any atom is -0.340 e. The Kier molecular flexibility index (Phi) is 4.14. The topological polar surface area (TPSA) is 50.7 Å². The van der Waals surface area contributed by atoms with Gasteiger partial charge in [0.15, 0.2) is 0 Å². The van der Waals surface area contributed by atoms with E-state index in [-0.39, 0.29) is 12.4 Å². The van der Waals surface area contributed by atoms with Crippen molar-refractivity contribution in [2.75, 3.05) is 5.32 Å². The Morgan fingerprint density at radius 2 is 2.05 bits per heavy atom. The van der Waals surface area contributed by atoms with Crippen molar-refractivity contribution in [2.24, 2.45) is 0 Å². The quantitative estimate of drug-likeness (QED) is 0.734. The van der Waals surface area contributed by atoms with E-state index in [4.69, 9.17) is 6.42 Å². The predicted octanol–water partition coefficient (Wildman–Crippen LogP) is 3.17. The molecule has 0 unspecified atom stereocenters. The summed E-state index contributed by atoms with van der Waals surface area (Å²) in [7, 11) is 0. The fourth-order valence-electron chi connectivity index (χ4n) is 1.83. The summed E-state index contributed by atoms with van der Waals surface area (Å²) in [6.07, 6.45) is 10.3. The molecule has 2 heterocycles. The number of nitrogens with zero attached hydrogens (tertiary/aromatic N) is 3. The average Bonchev–Trinajstić information content (AvgIpc) is 2.48. The summed E-state index contributed by atoms with van der Waals surface area (Å²) in [5, 5.41) is 4.17. The van der Waals surface area contributed by atoms with E-state index >= 15 is 0 Å². The van der Waals surface area contributed by atoms with Crippen LogP contribution >= 0.6 is 12.4 Å². The van der Waals surface area contributed by atoms with Crippen molar-refractivity contribution in [1.82, 2.24) is 15.0 Å². The molecular formula is C15H11ClN4. The van der Waals surface area contributed by atoms with Crippen LogP contribution in [0.15, 0.2) is 49.1 Å². The highest BCUT2D eigenvalue weighted by atomic mass is 35.5. The lowest BCUT2D eigenvalue weighted by Crippen LogP contribution is -1.96. The molecule has 0 atom stereocenters. The van der Waals surface area contributed by atoms with Gasteiger partial charge in [-0.25, -0.2) is 9.97 Å². The molecule has 0 bridgehead atoms. The molecule has 2 aromatic heterocycles. The van der Waals surface area contributed by atoms with E-state index in [1.807, 2.05) is 30.3 Å². The van der Waals surface area contributed by atoms with Crippen LogP contribution in [0.25, 0.3) is 10.9 Å². The first-order valence-electron chi connectivity index (χ1n) is 5.75. The van der Waals surface area contributed by atoms with Crippen LogP contribution < -0.4 is 5.32 Å². The fraction of sp³-hybridized carbons (Fsp3) is 0. The second kappa shape index (κ2) is 6.00. The number of aromatic nitrogens is 3. The number of nitrogens with one attached hydrogen (secondary N) is 1. The standard InChI is InChI=1S/C15H10N4.ClH/c1-2-11-4-3-5-12(8-11)19-15-13-6-7-16-9-14(13)17-10-18-15;/h1,3-10H,(H,17,18,19);1H. The third-order valence-corrected chi connectivity index (χ3v) is 2.73. The summed E-state index contributed by atoms with van der Waals surface area (Å²) in [6, 6.07) is 9.50. The number of benzene rings is 1. The molecule has 98 valence electrons. The van der Waals surface area contributed by atoms with Crippen LogP contribution in [0.4, 0.5) is 11.5 Å². The van der Waals surface area contributed by atoms with Gasteiger partial charge in [0.1, 0.15) is 12.1 Å². The zero-order chi connectivity index (χ0) is 13.1. The Labute approximate surface area is 122 Å². The number of anilines is 2. The number of hydrogen-bond acceptors (Lipinski definition) is 4. The Hall–Kier alpha value is -2.64. The lowest BCUT2D eigenvalue weighted by atomic mass is 10.2. The van der Waals surface area contributed by atoms with Crippen LogP contribution in [0.3, 0.4) is 0 Å². The molecule has 0 saturated heterocycles. The van der Waals surface area contributed by atoms with Crippen LogP contribution in [0.1, 0.15) is 5.56 Å². The van der Waals surface area contributed by atoms with Gasteiger partial charge in [0.2, 0.25) is 0 Å². The Bertz CT molecular complexity index is 775. The van der Waals surface area contributed by atoms with Crippen molar-refractivity contribution < 1.29 is 0 Å². The molecule has 1 aromatic carbocycles. The van der Waals surface area contributed by atoms with Gasteiger partial charge in [0, 0.05) is 22.8 Å². The van der Waals surface area contributed by atoms with Gasteiger partial charge in [-0.3, -0.25) is 4.98 Å². The Morgan fingerprint density at radius 1 is 1.15 bits per heavy atom. The number of hydrogen-bond donors (Lipinski definition) is 1. The highest BCUT2D eigenvalue weighted by molar-refractivity contribution is 5.89. The van der Waals surface area contributed by atoms with Crippen molar-refractivity contribution in [3.63, 3.8) is 0 Å². The SMILES string of the molecule is C#Cc1cccc(Nc2ncnc3cnccc23)c1.Cl. The van der Waals surface area contributed by atoms with Gasteiger partial charge >= 0.3 is 0 Å². The summed E-state index contributed by atoms with van der Waals surface area (Å²) in [5.41, 5.74) is 2.52. The first kappa shape index (κ1) is 13.8. The summed E-state index contributed by atoms with van der Waals surface area (Å²) in [4.78, 5) is 12.5. The molecule has 3 aromatic rings. The normalized spacial score (nSPS) is 9.55. The van der Waals surface area contributed by atoms with Crippen LogP contribution in [-0.4, -0.2) is 15.0 Å². The van der Waals surface area contributed by atoms with Crippen LogP contribution in [-0.2, 0) is 0 Å². The fourth-order valence-corrected chi connectivity index (χ4v) is 1.83.